The molecule has 0 spiro atoms. The molecular formula is C15H28N2O3. The maximum Gasteiger partial charge on any atom is 0.243 e. The highest BCUT2D eigenvalue weighted by molar-refractivity contribution is 5.92. The lowest BCUT2D eigenvalue weighted by atomic mass is 9.91. The van der Waals surface area contributed by atoms with Gasteiger partial charge in [0.2, 0.25) is 11.8 Å². The minimum absolute atomic E-state index is 0.0434. The fourth-order valence-corrected chi connectivity index (χ4v) is 1.65. The highest BCUT2D eigenvalue weighted by Gasteiger charge is 2.27. The third-order valence-electron chi connectivity index (χ3n) is 2.93. The number of carbonyl (C=O) groups is 3. The summed E-state index contributed by atoms with van der Waals surface area (Å²) in [6, 6.07) is -1.16. The predicted octanol–water partition coefficient (Wildman–Crippen LogP) is 1.66. The summed E-state index contributed by atoms with van der Waals surface area (Å²) in [6.07, 6.45) is 0.353. The van der Waals surface area contributed by atoms with Crippen molar-refractivity contribution in [1.29, 1.82) is 0 Å². The monoisotopic (exact) mass is 284 g/mol. The average molecular weight is 284 g/mol. The molecule has 0 aliphatic rings. The molecule has 0 aliphatic heterocycles. The molecule has 0 rings (SSSR count). The van der Waals surface area contributed by atoms with Gasteiger partial charge < -0.3 is 10.6 Å². The Kier molecular flexibility index (Phi) is 6.89. The van der Waals surface area contributed by atoms with Crippen molar-refractivity contribution in [3.8, 4) is 0 Å². The number of ketones is 1. The molecule has 2 atom stereocenters. The lowest BCUT2D eigenvalue weighted by Crippen LogP contribution is -2.53. The van der Waals surface area contributed by atoms with Crippen LogP contribution < -0.4 is 10.6 Å². The lowest BCUT2D eigenvalue weighted by Gasteiger charge is -2.25. The molecule has 0 aromatic rings. The van der Waals surface area contributed by atoms with Crippen molar-refractivity contribution in [2.45, 2.75) is 67.0 Å². The van der Waals surface area contributed by atoms with Gasteiger partial charge in [-0.2, -0.15) is 0 Å². The Bertz CT molecular complexity index is 370. The molecule has 20 heavy (non-hydrogen) atoms. The second kappa shape index (κ2) is 7.41. The summed E-state index contributed by atoms with van der Waals surface area (Å²) < 4.78 is 0. The van der Waals surface area contributed by atoms with Gasteiger partial charge >= 0.3 is 0 Å². The minimum Gasteiger partial charge on any atom is -0.345 e. The van der Waals surface area contributed by atoms with Crippen molar-refractivity contribution < 1.29 is 14.4 Å². The van der Waals surface area contributed by atoms with Gasteiger partial charge in [-0.1, -0.05) is 34.6 Å². The van der Waals surface area contributed by atoms with Crippen molar-refractivity contribution in [3.63, 3.8) is 0 Å². The Morgan fingerprint density at radius 1 is 1.00 bits per heavy atom. The van der Waals surface area contributed by atoms with Gasteiger partial charge in [0.05, 0.1) is 6.04 Å². The molecule has 0 bridgehead atoms. The highest BCUT2D eigenvalue weighted by Crippen LogP contribution is 2.18. The first kappa shape index (κ1) is 18.6. The van der Waals surface area contributed by atoms with Gasteiger partial charge in [-0.3, -0.25) is 14.4 Å². The standard InChI is InChI=1S/C15H28N2O3/c1-9(2)13(14(20)16-10(3)11(4)18)17-12(19)8-15(5,6)7/h9-10,13H,8H2,1-7H3,(H,16,20)(H,17,19)/t10-,13?/m0/s1. The van der Waals surface area contributed by atoms with E-state index in [-0.39, 0.29) is 28.9 Å². The Balaban J connectivity index is 4.69. The molecule has 0 saturated carbocycles. The molecule has 1 unspecified atom stereocenters. The third kappa shape index (κ3) is 7.26. The van der Waals surface area contributed by atoms with Gasteiger partial charge in [-0.05, 0) is 25.2 Å². The summed E-state index contributed by atoms with van der Waals surface area (Å²) in [5.74, 6) is -0.619. The van der Waals surface area contributed by atoms with Crippen molar-refractivity contribution in [3.05, 3.63) is 0 Å². The molecule has 2 amide bonds. The van der Waals surface area contributed by atoms with Crippen LogP contribution in [0.3, 0.4) is 0 Å². The fraction of sp³-hybridized carbons (Fsp3) is 0.800. The van der Waals surface area contributed by atoms with Crippen LogP contribution in [0.1, 0.15) is 54.9 Å². The average Bonchev–Trinajstić information content (AvgIpc) is 2.22. The zero-order valence-electron chi connectivity index (χ0n) is 13.7. The molecule has 2 N–H and O–H groups in total. The Labute approximate surface area is 121 Å². The molecular weight excluding hydrogens is 256 g/mol. The normalized spacial score (nSPS) is 14.6. The third-order valence-corrected chi connectivity index (χ3v) is 2.93. The quantitative estimate of drug-likeness (QED) is 0.779. The van der Waals surface area contributed by atoms with Crippen LogP contribution in [0.15, 0.2) is 0 Å². The van der Waals surface area contributed by atoms with Crippen LogP contribution in [0, 0.1) is 11.3 Å². The first-order valence-corrected chi connectivity index (χ1v) is 7.04. The van der Waals surface area contributed by atoms with Crippen molar-refractivity contribution >= 4 is 17.6 Å². The van der Waals surface area contributed by atoms with E-state index >= 15 is 0 Å². The van der Waals surface area contributed by atoms with Gasteiger partial charge in [0.25, 0.3) is 0 Å². The van der Waals surface area contributed by atoms with Crippen molar-refractivity contribution in [2.75, 3.05) is 0 Å². The van der Waals surface area contributed by atoms with E-state index in [2.05, 4.69) is 10.6 Å². The van der Waals surface area contributed by atoms with Gasteiger partial charge in [0, 0.05) is 6.42 Å². The van der Waals surface area contributed by atoms with E-state index in [9.17, 15) is 14.4 Å². The van der Waals surface area contributed by atoms with Crippen LogP contribution in [-0.4, -0.2) is 29.7 Å². The number of rotatable bonds is 6. The van der Waals surface area contributed by atoms with Crippen LogP contribution in [0.2, 0.25) is 0 Å². The molecule has 0 aromatic heterocycles. The lowest BCUT2D eigenvalue weighted by molar-refractivity contribution is -0.132. The molecule has 0 saturated heterocycles. The maximum absolute atomic E-state index is 12.1. The molecule has 0 heterocycles. The molecule has 0 radical (unpaired) electrons. The van der Waals surface area contributed by atoms with E-state index in [1.54, 1.807) is 6.92 Å². The van der Waals surface area contributed by atoms with Crippen LogP contribution in [0.4, 0.5) is 0 Å². The van der Waals surface area contributed by atoms with Gasteiger partial charge in [-0.25, -0.2) is 0 Å². The van der Waals surface area contributed by atoms with E-state index < -0.39 is 12.1 Å². The van der Waals surface area contributed by atoms with Crippen LogP contribution in [0.25, 0.3) is 0 Å². The summed E-state index contributed by atoms with van der Waals surface area (Å²) in [4.78, 5) is 35.2. The van der Waals surface area contributed by atoms with E-state index in [0.29, 0.717) is 6.42 Å². The first-order chi connectivity index (χ1) is 8.94. The fourth-order valence-electron chi connectivity index (χ4n) is 1.65. The molecule has 5 heteroatoms. The molecule has 116 valence electrons. The molecule has 0 fully saturated rings. The zero-order valence-corrected chi connectivity index (χ0v) is 13.7. The summed E-state index contributed by atoms with van der Waals surface area (Å²) in [5, 5.41) is 5.38. The van der Waals surface area contributed by atoms with Crippen LogP contribution in [-0.2, 0) is 14.4 Å². The van der Waals surface area contributed by atoms with E-state index in [1.165, 1.54) is 6.92 Å². The van der Waals surface area contributed by atoms with Crippen LogP contribution in [0.5, 0.6) is 0 Å². The van der Waals surface area contributed by atoms with Crippen LogP contribution >= 0.6 is 0 Å². The molecule has 0 aliphatic carbocycles. The number of amides is 2. The topological polar surface area (TPSA) is 75.3 Å². The Morgan fingerprint density at radius 3 is 1.85 bits per heavy atom. The summed E-state index contributed by atoms with van der Waals surface area (Å²) in [7, 11) is 0. The molecule has 0 aromatic carbocycles. The summed E-state index contributed by atoms with van der Waals surface area (Å²) >= 11 is 0. The minimum atomic E-state index is -0.619. The Morgan fingerprint density at radius 2 is 1.50 bits per heavy atom. The number of carbonyl (C=O) groups excluding carboxylic acids is 3. The Hall–Kier alpha value is -1.39. The highest BCUT2D eigenvalue weighted by atomic mass is 16.2. The number of hydrogen-bond acceptors (Lipinski definition) is 3. The number of hydrogen-bond donors (Lipinski definition) is 2. The number of Topliss-reactive ketones (excluding diaryl/α,β-unsaturated/α-hetero) is 1. The van der Waals surface area contributed by atoms with Crippen molar-refractivity contribution in [2.24, 2.45) is 11.3 Å². The summed E-state index contributed by atoms with van der Waals surface area (Å²) in [5.41, 5.74) is -0.130. The first-order valence-electron chi connectivity index (χ1n) is 7.04. The van der Waals surface area contributed by atoms with E-state index in [4.69, 9.17) is 0 Å². The largest absolute Gasteiger partial charge is 0.345 e. The van der Waals surface area contributed by atoms with E-state index in [0.717, 1.165) is 0 Å². The molecule has 5 nitrogen and oxygen atoms in total. The smallest absolute Gasteiger partial charge is 0.243 e. The predicted molar refractivity (Wildman–Crippen MR) is 79.1 cm³/mol. The zero-order chi connectivity index (χ0) is 16.1. The SMILES string of the molecule is CC(=O)[C@H](C)NC(=O)C(NC(=O)CC(C)(C)C)C(C)C. The second-order valence-electron chi connectivity index (χ2n) is 6.87. The maximum atomic E-state index is 12.1. The van der Waals surface area contributed by atoms with E-state index in [1.807, 2.05) is 34.6 Å². The van der Waals surface area contributed by atoms with Gasteiger partial charge in [0.1, 0.15) is 6.04 Å². The number of nitrogens with one attached hydrogen (secondary N) is 2. The van der Waals surface area contributed by atoms with Gasteiger partial charge in [0.15, 0.2) is 5.78 Å². The second-order valence-corrected chi connectivity index (χ2v) is 6.87. The van der Waals surface area contributed by atoms with Gasteiger partial charge in [-0.15, -0.1) is 0 Å². The van der Waals surface area contributed by atoms with Crippen molar-refractivity contribution in [1.82, 2.24) is 10.6 Å². The summed E-state index contributed by atoms with van der Waals surface area (Å²) in [6.45, 7) is 12.7.